The highest BCUT2D eigenvalue weighted by Gasteiger charge is 2.35. The van der Waals surface area contributed by atoms with Crippen LogP contribution in [0, 0.1) is 5.92 Å². The van der Waals surface area contributed by atoms with E-state index in [9.17, 15) is 8.42 Å². The Bertz CT molecular complexity index is 593. The van der Waals surface area contributed by atoms with E-state index in [4.69, 9.17) is 9.47 Å². The molecule has 1 N–H and O–H groups in total. The van der Waals surface area contributed by atoms with Gasteiger partial charge in [0.25, 0.3) is 0 Å². The second kappa shape index (κ2) is 7.88. The highest BCUT2D eigenvalue weighted by atomic mass is 32.2. The second-order valence-electron chi connectivity index (χ2n) is 6.19. The Morgan fingerprint density at radius 3 is 2.52 bits per heavy atom. The number of thioether (sulfide) groups is 1. The number of benzene rings is 1. The van der Waals surface area contributed by atoms with Crippen LogP contribution in [0.15, 0.2) is 29.2 Å². The van der Waals surface area contributed by atoms with Gasteiger partial charge in [-0.25, -0.2) is 13.1 Å². The Kier molecular flexibility index (Phi) is 6.36. The summed E-state index contributed by atoms with van der Waals surface area (Å²) in [5, 5.41) is 0. The Labute approximate surface area is 143 Å². The average Bonchev–Trinajstić information content (AvgIpc) is 3.01. The van der Waals surface area contributed by atoms with Gasteiger partial charge in [0.1, 0.15) is 5.75 Å². The minimum Gasteiger partial charge on any atom is -0.493 e. The van der Waals surface area contributed by atoms with E-state index in [2.05, 4.69) is 18.6 Å². The zero-order valence-corrected chi connectivity index (χ0v) is 15.5. The maximum absolute atomic E-state index is 12.4. The van der Waals surface area contributed by atoms with Crippen LogP contribution in [-0.4, -0.2) is 45.8 Å². The van der Waals surface area contributed by atoms with Gasteiger partial charge in [-0.15, -0.1) is 0 Å². The van der Waals surface area contributed by atoms with Crippen molar-refractivity contribution in [3.05, 3.63) is 24.3 Å². The SMILES string of the molecule is COC1(CNS(=O)(=O)c2ccc(OCC(C)C)cc2)CCSC1. The van der Waals surface area contributed by atoms with Crippen molar-refractivity contribution in [1.82, 2.24) is 4.72 Å². The summed E-state index contributed by atoms with van der Waals surface area (Å²) in [7, 11) is -1.90. The quantitative estimate of drug-likeness (QED) is 0.773. The fourth-order valence-corrected chi connectivity index (χ4v) is 4.76. The van der Waals surface area contributed by atoms with Crippen molar-refractivity contribution in [3.8, 4) is 5.75 Å². The normalized spacial score (nSPS) is 21.7. The summed E-state index contributed by atoms with van der Waals surface area (Å²) in [6, 6.07) is 6.52. The van der Waals surface area contributed by atoms with E-state index in [0.29, 0.717) is 24.8 Å². The lowest BCUT2D eigenvalue weighted by molar-refractivity contribution is 0.0179. The largest absolute Gasteiger partial charge is 0.493 e. The summed E-state index contributed by atoms with van der Waals surface area (Å²) < 4.78 is 38.6. The van der Waals surface area contributed by atoms with E-state index in [1.165, 1.54) is 0 Å². The van der Waals surface area contributed by atoms with Gasteiger partial charge in [-0.2, -0.15) is 11.8 Å². The standard InChI is InChI=1S/C16H25NO4S2/c1-13(2)10-21-14-4-6-15(7-5-14)23(18,19)17-11-16(20-3)8-9-22-12-16/h4-7,13,17H,8-12H2,1-3H3. The molecule has 1 aliphatic rings. The van der Waals surface area contributed by atoms with Crippen LogP contribution in [0.5, 0.6) is 5.75 Å². The number of hydrogen-bond acceptors (Lipinski definition) is 5. The lowest BCUT2D eigenvalue weighted by Gasteiger charge is -2.26. The third kappa shape index (κ3) is 5.11. The van der Waals surface area contributed by atoms with Gasteiger partial charge >= 0.3 is 0 Å². The van der Waals surface area contributed by atoms with Crippen molar-refractivity contribution in [1.29, 1.82) is 0 Å². The van der Waals surface area contributed by atoms with Crippen LogP contribution < -0.4 is 9.46 Å². The van der Waals surface area contributed by atoms with Gasteiger partial charge in [0, 0.05) is 19.4 Å². The molecule has 5 nitrogen and oxygen atoms in total. The minimum absolute atomic E-state index is 0.242. The van der Waals surface area contributed by atoms with Crippen LogP contribution in [-0.2, 0) is 14.8 Å². The van der Waals surface area contributed by atoms with Gasteiger partial charge in [0.05, 0.1) is 17.1 Å². The van der Waals surface area contributed by atoms with Crippen molar-refractivity contribution in [2.24, 2.45) is 5.92 Å². The van der Waals surface area contributed by atoms with Crippen molar-refractivity contribution < 1.29 is 17.9 Å². The van der Waals surface area contributed by atoms with Crippen LogP contribution in [0.25, 0.3) is 0 Å². The molecule has 0 radical (unpaired) electrons. The highest BCUT2D eigenvalue weighted by Crippen LogP contribution is 2.30. The molecule has 130 valence electrons. The lowest BCUT2D eigenvalue weighted by atomic mass is 10.0. The molecule has 1 aromatic carbocycles. The Hall–Kier alpha value is -0.760. The first-order valence-corrected chi connectivity index (χ1v) is 10.4. The zero-order valence-electron chi connectivity index (χ0n) is 13.9. The summed E-state index contributed by atoms with van der Waals surface area (Å²) in [5.41, 5.74) is -0.391. The number of sulfonamides is 1. The van der Waals surface area contributed by atoms with Crippen LogP contribution in [0.1, 0.15) is 20.3 Å². The summed E-state index contributed by atoms with van der Waals surface area (Å²) in [5.74, 6) is 2.92. The fraction of sp³-hybridized carbons (Fsp3) is 0.625. The van der Waals surface area contributed by atoms with E-state index < -0.39 is 15.6 Å². The highest BCUT2D eigenvalue weighted by molar-refractivity contribution is 7.99. The lowest BCUT2D eigenvalue weighted by Crippen LogP contribution is -2.44. The number of ether oxygens (including phenoxy) is 2. The van der Waals surface area contributed by atoms with E-state index in [1.54, 1.807) is 43.1 Å². The fourth-order valence-electron chi connectivity index (χ4n) is 2.25. The van der Waals surface area contributed by atoms with Gasteiger partial charge in [0.15, 0.2) is 0 Å². The van der Waals surface area contributed by atoms with E-state index in [1.807, 2.05) is 0 Å². The van der Waals surface area contributed by atoms with Crippen LogP contribution >= 0.6 is 11.8 Å². The molecule has 1 aliphatic heterocycles. The second-order valence-corrected chi connectivity index (χ2v) is 9.06. The van der Waals surface area contributed by atoms with Crippen LogP contribution in [0.4, 0.5) is 0 Å². The van der Waals surface area contributed by atoms with Crippen LogP contribution in [0.2, 0.25) is 0 Å². The van der Waals surface area contributed by atoms with Crippen molar-refractivity contribution in [2.75, 3.05) is 31.8 Å². The van der Waals surface area contributed by atoms with E-state index in [-0.39, 0.29) is 4.90 Å². The summed E-state index contributed by atoms with van der Waals surface area (Å²) in [6.45, 7) is 5.04. The van der Waals surface area contributed by atoms with Crippen molar-refractivity contribution in [2.45, 2.75) is 30.8 Å². The molecule has 0 spiro atoms. The molecule has 0 aromatic heterocycles. The molecule has 0 bridgehead atoms. The van der Waals surface area contributed by atoms with Crippen molar-refractivity contribution >= 4 is 21.8 Å². The molecule has 23 heavy (non-hydrogen) atoms. The molecule has 1 fully saturated rings. The molecule has 1 aromatic rings. The van der Waals surface area contributed by atoms with Gasteiger partial charge in [0.2, 0.25) is 10.0 Å². The number of methoxy groups -OCH3 is 1. The molecule has 1 unspecified atom stereocenters. The molecule has 0 aliphatic carbocycles. The van der Waals surface area contributed by atoms with Gasteiger partial charge in [-0.1, -0.05) is 13.8 Å². The minimum atomic E-state index is -3.54. The topological polar surface area (TPSA) is 64.6 Å². The Morgan fingerprint density at radius 2 is 2.00 bits per heavy atom. The molecule has 1 heterocycles. The predicted octanol–water partition coefficient (Wildman–Crippen LogP) is 2.52. The molecule has 1 saturated heterocycles. The third-order valence-corrected chi connectivity index (χ3v) is 6.44. The molecule has 7 heteroatoms. The molecule has 1 atom stereocenters. The monoisotopic (exact) mass is 359 g/mol. The smallest absolute Gasteiger partial charge is 0.240 e. The Balaban J connectivity index is 1.99. The molecular formula is C16H25NO4S2. The summed E-state index contributed by atoms with van der Waals surface area (Å²) in [4.78, 5) is 0.242. The number of rotatable bonds is 8. The summed E-state index contributed by atoms with van der Waals surface area (Å²) >= 11 is 1.79. The first kappa shape index (κ1) is 18.6. The van der Waals surface area contributed by atoms with Crippen LogP contribution in [0.3, 0.4) is 0 Å². The molecular weight excluding hydrogens is 334 g/mol. The predicted molar refractivity (Wildman–Crippen MR) is 93.6 cm³/mol. The third-order valence-electron chi connectivity index (χ3n) is 3.80. The number of nitrogens with one attached hydrogen (secondary N) is 1. The first-order valence-electron chi connectivity index (χ1n) is 7.72. The summed E-state index contributed by atoms with van der Waals surface area (Å²) in [6.07, 6.45) is 0.860. The average molecular weight is 360 g/mol. The van der Waals surface area contributed by atoms with E-state index in [0.717, 1.165) is 17.9 Å². The van der Waals surface area contributed by atoms with E-state index >= 15 is 0 Å². The molecule has 0 saturated carbocycles. The Morgan fingerprint density at radius 1 is 1.30 bits per heavy atom. The maximum atomic E-state index is 12.4. The van der Waals surface area contributed by atoms with Gasteiger partial charge in [-0.05, 0) is 42.4 Å². The number of hydrogen-bond donors (Lipinski definition) is 1. The van der Waals surface area contributed by atoms with Crippen molar-refractivity contribution in [3.63, 3.8) is 0 Å². The molecule has 0 amide bonds. The van der Waals surface area contributed by atoms with Gasteiger partial charge in [-0.3, -0.25) is 0 Å². The zero-order chi connectivity index (χ0) is 16.9. The van der Waals surface area contributed by atoms with Gasteiger partial charge < -0.3 is 9.47 Å². The first-order chi connectivity index (χ1) is 10.9. The molecule has 2 rings (SSSR count). The maximum Gasteiger partial charge on any atom is 0.240 e.